The molecule has 2 aromatic rings. The Balaban J connectivity index is 1.55. The van der Waals surface area contributed by atoms with Gasteiger partial charge in [-0.3, -0.25) is 4.79 Å². The second kappa shape index (κ2) is 11.5. The number of carbonyl (C=O) groups is 1. The number of methoxy groups -OCH3 is 2. The number of aliphatic hydroxyl groups excluding tert-OH is 1. The molecular weight excluding hydrogens is 448 g/mol. The highest BCUT2D eigenvalue weighted by Gasteiger charge is 2.35. The van der Waals surface area contributed by atoms with Crippen molar-refractivity contribution in [1.82, 2.24) is 10.0 Å². The minimum absolute atomic E-state index is 0.0169. The van der Waals surface area contributed by atoms with Gasteiger partial charge >= 0.3 is 0 Å². The molecule has 0 radical (unpaired) electrons. The highest BCUT2D eigenvalue weighted by molar-refractivity contribution is 7.89. The summed E-state index contributed by atoms with van der Waals surface area (Å²) < 4.78 is 44.5. The standard InChI is InChI=1S/C23H30N2O7S/c1-30-17-7-5-6-16(12-17)14-24-23(27)13-18-10-11-19(21(15-26)32-18)25-33(28,29)22-9-4-3-8-20(22)31-2/h3-9,12,18-19,21,25-26H,10-11,13-15H2,1-2H3,(H,24,27)/t18-,19+,21+/m0/s1. The smallest absolute Gasteiger partial charge is 0.244 e. The molecule has 1 saturated heterocycles. The minimum Gasteiger partial charge on any atom is -0.497 e. The average molecular weight is 479 g/mol. The molecule has 1 heterocycles. The van der Waals surface area contributed by atoms with E-state index in [1.165, 1.54) is 13.2 Å². The SMILES string of the molecule is COc1cccc(CNC(=O)C[C@@H]2CC[C@@H](NS(=O)(=O)c3ccccc3OC)[C@@H](CO)O2)c1. The van der Waals surface area contributed by atoms with Crippen LogP contribution in [0.25, 0.3) is 0 Å². The van der Waals surface area contributed by atoms with Gasteiger partial charge < -0.3 is 24.6 Å². The summed E-state index contributed by atoms with van der Waals surface area (Å²) >= 11 is 0. The monoisotopic (exact) mass is 478 g/mol. The van der Waals surface area contributed by atoms with Crippen LogP contribution in [0.5, 0.6) is 11.5 Å². The predicted molar refractivity (Wildman–Crippen MR) is 122 cm³/mol. The van der Waals surface area contributed by atoms with E-state index in [0.717, 1.165) is 5.56 Å². The van der Waals surface area contributed by atoms with Crippen molar-refractivity contribution in [3.63, 3.8) is 0 Å². The van der Waals surface area contributed by atoms with E-state index in [1.807, 2.05) is 24.3 Å². The summed E-state index contributed by atoms with van der Waals surface area (Å²) in [6, 6.07) is 13.1. The Bertz CT molecular complexity index is 1040. The first-order valence-electron chi connectivity index (χ1n) is 10.7. The number of hydrogen-bond donors (Lipinski definition) is 3. The number of benzene rings is 2. The number of para-hydroxylation sites is 1. The van der Waals surface area contributed by atoms with Gasteiger partial charge in [0.15, 0.2) is 0 Å². The van der Waals surface area contributed by atoms with Crippen molar-refractivity contribution in [2.24, 2.45) is 0 Å². The van der Waals surface area contributed by atoms with Gasteiger partial charge in [0.1, 0.15) is 16.4 Å². The molecule has 33 heavy (non-hydrogen) atoms. The molecule has 3 atom stereocenters. The van der Waals surface area contributed by atoms with Gasteiger partial charge in [-0.2, -0.15) is 0 Å². The van der Waals surface area contributed by atoms with Crippen molar-refractivity contribution in [1.29, 1.82) is 0 Å². The van der Waals surface area contributed by atoms with Crippen molar-refractivity contribution in [3.8, 4) is 11.5 Å². The van der Waals surface area contributed by atoms with Crippen molar-refractivity contribution in [3.05, 3.63) is 54.1 Å². The molecule has 1 aliphatic heterocycles. The number of sulfonamides is 1. The normalized spacial score (nSPS) is 20.8. The lowest BCUT2D eigenvalue weighted by molar-refractivity contribution is -0.130. The van der Waals surface area contributed by atoms with E-state index in [1.54, 1.807) is 25.3 Å². The summed E-state index contributed by atoms with van der Waals surface area (Å²) in [6.07, 6.45) is -0.166. The minimum atomic E-state index is -3.89. The molecule has 3 rings (SSSR count). The highest BCUT2D eigenvalue weighted by atomic mass is 32.2. The third-order valence-electron chi connectivity index (χ3n) is 5.50. The maximum Gasteiger partial charge on any atom is 0.244 e. The first-order chi connectivity index (χ1) is 15.9. The van der Waals surface area contributed by atoms with Crippen LogP contribution in [0.3, 0.4) is 0 Å². The number of rotatable bonds is 10. The highest BCUT2D eigenvalue weighted by Crippen LogP contribution is 2.27. The summed E-state index contributed by atoms with van der Waals surface area (Å²) in [5.74, 6) is 0.755. The van der Waals surface area contributed by atoms with E-state index in [-0.39, 0.29) is 29.6 Å². The second-order valence-electron chi connectivity index (χ2n) is 7.77. The number of amides is 1. The molecule has 1 fully saturated rings. The molecule has 0 aromatic heterocycles. The van der Waals surface area contributed by atoms with Crippen LogP contribution < -0.4 is 19.5 Å². The van der Waals surface area contributed by atoms with Crippen LogP contribution in [-0.4, -0.2) is 58.5 Å². The van der Waals surface area contributed by atoms with Crippen molar-refractivity contribution in [2.45, 2.75) is 49.0 Å². The molecule has 0 unspecified atom stereocenters. The molecule has 0 aliphatic carbocycles. The number of nitrogens with one attached hydrogen (secondary N) is 2. The van der Waals surface area contributed by atoms with E-state index < -0.39 is 28.3 Å². The third-order valence-corrected chi connectivity index (χ3v) is 7.03. The molecule has 0 bridgehead atoms. The van der Waals surface area contributed by atoms with E-state index in [0.29, 0.717) is 25.1 Å². The molecule has 9 nitrogen and oxygen atoms in total. The number of aliphatic hydroxyl groups is 1. The van der Waals surface area contributed by atoms with Gasteiger partial charge in [-0.25, -0.2) is 13.1 Å². The Morgan fingerprint density at radius 3 is 2.64 bits per heavy atom. The van der Waals surface area contributed by atoms with Crippen LogP contribution in [0.2, 0.25) is 0 Å². The van der Waals surface area contributed by atoms with Gasteiger partial charge in [-0.15, -0.1) is 0 Å². The number of ether oxygens (including phenoxy) is 3. The van der Waals surface area contributed by atoms with Gasteiger partial charge in [0.2, 0.25) is 15.9 Å². The Labute approximate surface area is 194 Å². The van der Waals surface area contributed by atoms with Gasteiger partial charge in [0.05, 0.1) is 45.5 Å². The Hall–Kier alpha value is -2.66. The zero-order chi connectivity index (χ0) is 23.8. The van der Waals surface area contributed by atoms with E-state index in [4.69, 9.17) is 14.2 Å². The van der Waals surface area contributed by atoms with Gasteiger partial charge in [0.25, 0.3) is 0 Å². The van der Waals surface area contributed by atoms with Gasteiger partial charge in [0, 0.05) is 6.54 Å². The lowest BCUT2D eigenvalue weighted by atomic mass is 9.98. The van der Waals surface area contributed by atoms with Crippen LogP contribution in [0.4, 0.5) is 0 Å². The lowest BCUT2D eigenvalue weighted by Gasteiger charge is -2.35. The summed E-state index contributed by atoms with van der Waals surface area (Å²) in [4.78, 5) is 12.4. The largest absolute Gasteiger partial charge is 0.497 e. The van der Waals surface area contributed by atoms with Crippen LogP contribution in [-0.2, 0) is 26.1 Å². The first kappa shape index (κ1) is 25.0. The lowest BCUT2D eigenvalue weighted by Crippen LogP contribution is -2.51. The average Bonchev–Trinajstić information content (AvgIpc) is 2.83. The van der Waals surface area contributed by atoms with Gasteiger partial charge in [-0.05, 0) is 42.7 Å². The van der Waals surface area contributed by atoms with Crippen LogP contribution in [0.1, 0.15) is 24.8 Å². The molecule has 0 spiro atoms. The Kier molecular flexibility index (Phi) is 8.67. The molecule has 0 saturated carbocycles. The number of carbonyl (C=O) groups excluding carboxylic acids is 1. The van der Waals surface area contributed by atoms with Crippen molar-refractivity contribution in [2.75, 3.05) is 20.8 Å². The van der Waals surface area contributed by atoms with Crippen molar-refractivity contribution >= 4 is 15.9 Å². The fourth-order valence-electron chi connectivity index (χ4n) is 3.78. The van der Waals surface area contributed by atoms with Gasteiger partial charge in [-0.1, -0.05) is 24.3 Å². The maximum absolute atomic E-state index is 12.9. The Morgan fingerprint density at radius 2 is 1.91 bits per heavy atom. The zero-order valence-electron chi connectivity index (χ0n) is 18.7. The fraction of sp³-hybridized carbons (Fsp3) is 0.435. The summed E-state index contributed by atoms with van der Waals surface area (Å²) in [5, 5.41) is 12.6. The number of hydrogen-bond acceptors (Lipinski definition) is 7. The zero-order valence-corrected chi connectivity index (χ0v) is 19.5. The Morgan fingerprint density at radius 1 is 1.12 bits per heavy atom. The van der Waals surface area contributed by atoms with E-state index in [9.17, 15) is 18.3 Å². The van der Waals surface area contributed by atoms with Crippen LogP contribution >= 0.6 is 0 Å². The fourth-order valence-corrected chi connectivity index (χ4v) is 5.25. The maximum atomic E-state index is 12.9. The molecule has 1 aliphatic rings. The second-order valence-corrected chi connectivity index (χ2v) is 9.45. The molecule has 10 heteroatoms. The quantitative estimate of drug-likeness (QED) is 0.474. The molecule has 2 aromatic carbocycles. The topological polar surface area (TPSA) is 123 Å². The van der Waals surface area contributed by atoms with E-state index in [2.05, 4.69) is 10.0 Å². The van der Waals surface area contributed by atoms with Crippen molar-refractivity contribution < 1.29 is 32.5 Å². The molecule has 1 amide bonds. The first-order valence-corrected chi connectivity index (χ1v) is 12.2. The van der Waals surface area contributed by atoms with E-state index >= 15 is 0 Å². The summed E-state index contributed by atoms with van der Waals surface area (Å²) in [6.45, 7) is -0.0193. The molecule has 180 valence electrons. The third kappa shape index (κ3) is 6.67. The molecular formula is C23H30N2O7S. The molecule has 3 N–H and O–H groups in total. The van der Waals surface area contributed by atoms with Crippen LogP contribution in [0, 0.1) is 0 Å². The predicted octanol–water partition coefficient (Wildman–Crippen LogP) is 1.60. The summed E-state index contributed by atoms with van der Waals surface area (Å²) in [5.41, 5.74) is 0.909. The van der Waals surface area contributed by atoms with Crippen LogP contribution in [0.15, 0.2) is 53.4 Å². The summed E-state index contributed by atoms with van der Waals surface area (Å²) in [7, 11) is -0.903.